The van der Waals surface area contributed by atoms with Crippen LogP contribution in [0.1, 0.15) is 16.2 Å². The lowest BCUT2D eigenvalue weighted by atomic mass is 10.1. The molecule has 84 valence electrons. The minimum Gasteiger partial charge on any atom is -0.290 e. The third-order valence-electron chi connectivity index (χ3n) is 2.22. The van der Waals surface area contributed by atoms with Crippen LogP contribution in [0.5, 0.6) is 0 Å². The van der Waals surface area contributed by atoms with Crippen LogP contribution in [0.4, 0.5) is 0 Å². The van der Waals surface area contributed by atoms with E-state index in [4.69, 9.17) is 0 Å². The maximum absolute atomic E-state index is 11.7. The summed E-state index contributed by atoms with van der Waals surface area (Å²) in [6.45, 7) is 0. The third kappa shape index (κ3) is 2.81. The van der Waals surface area contributed by atoms with Gasteiger partial charge in [0.25, 0.3) is 0 Å². The van der Waals surface area contributed by atoms with E-state index < -0.39 is 11.6 Å². The minimum atomic E-state index is -0.573. The van der Waals surface area contributed by atoms with Crippen LogP contribution in [0, 0.1) is 0 Å². The number of carbonyl (C=O) groups excluding carboxylic acids is 2. The van der Waals surface area contributed by atoms with Crippen molar-refractivity contribution in [2.45, 2.75) is 6.42 Å². The Balaban J connectivity index is 2.09. The first kappa shape index (κ1) is 11.1. The summed E-state index contributed by atoms with van der Waals surface area (Å²) < 4.78 is 0. The van der Waals surface area contributed by atoms with Gasteiger partial charge in [0.2, 0.25) is 11.6 Å². The predicted molar refractivity (Wildman–Crippen MR) is 61.5 cm³/mol. The molecular formula is C13H10N2O2. The van der Waals surface area contributed by atoms with Gasteiger partial charge in [0.05, 0.1) is 6.42 Å². The minimum absolute atomic E-state index is 0.0102. The molecule has 0 saturated heterocycles. The molecule has 2 aromatic heterocycles. The number of rotatable bonds is 4. The van der Waals surface area contributed by atoms with Crippen LogP contribution in [-0.2, 0) is 11.2 Å². The number of hydrogen-bond donors (Lipinski definition) is 0. The van der Waals surface area contributed by atoms with Crippen molar-refractivity contribution < 1.29 is 9.59 Å². The van der Waals surface area contributed by atoms with Crippen molar-refractivity contribution >= 4 is 11.6 Å². The van der Waals surface area contributed by atoms with E-state index in [1.165, 1.54) is 12.3 Å². The number of nitrogens with zero attached hydrogens (tertiary/aromatic N) is 2. The Morgan fingerprint density at radius 1 is 0.941 bits per heavy atom. The van der Waals surface area contributed by atoms with Gasteiger partial charge in [0, 0.05) is 18.1 Å². The van der Waals surface area contributed by atoms with Crippen LogP contribution in [-0.4, -0.2) is 21.5 Å². The second kappa shape index (κ2) is 5.12. The van der Waals surface area contributed by atoms with Crippen LogP contribution >= 0.6 is 0 Å². The maximum atomic E-state index is 11.7. The molecule has 0 radical (unpaired) electrons. The highest BCUT2D eigenvalue weighted by atomic mass is 16.2. The lowest BCUT2D eigenvalue weighted by Crippen LogP contribution is -2.18. The first-order valence-corrected chi connectivity index (χ1v) is 5.16. The summed E-state index contributed by atoms with van der Waals surface area (Å²) in [6, 6.07) is 10.1. The molecule has 2 rings (SSSR count). The van der Waals surface area contributed by atoms with Crippen molar-refractivity contribution in [2.24, 2.45) is 0 Å². The van der Waals surface area contributed by atoms with Crippen molar-refractivity contribution in [2.75, 3.05) is 0 Å². The van der Waals surface area contributed by atoms with Crippen molar-refractivity contribution in [3.63, 3.8) is 0 Å². The molecule has 0 saturated carbocycles. The zero-order valence-electron chi connectivity index (χ0n) is 9.04. The van der Waals surface area contributed by atoms with Gasteiger partial charge in [0.15, 0.2) is 0 Å². The molecule has 0 aliphatic heterocycles. The summed E-state index contributed by atoms with van der Waals surface area (Å²) in [5, 5.41) is 0. The molecule has 4 heteroatoms. The molecule has 0 amide bonds. The monoisotopic (exact) mass is 226 g/mol. The zero-order valence-corrected chi connectivity index (χ0v) is 9.04. The standard InChI is InChI=1S/C13H10N2O2/c16-12(9-10-5-1-3-7-14-10)13(17)11-6-2-4-8-15-11/h1-8H,9H2. The topological polar surface area (TPSA) is 59.9 Å². The lowest BCUT2D eigenvalue weighted by molar-refractivity contribution is -0.114. The second-order valence-electron chi connectivity index (χ2n) is 3.47. The molecular weight excluding hydrogens is 216 g/mol. The predicted octanol–water partition coefficient (Wildman–Crippen LogP) is 1.47. The summed E-state index contributed by atoms with van der Waals surface area (Å²) in [7, 11) is 0. The highest BCUT2D eigenvalue weighted by molar-refractivity contribution is 6.43. The average molecular weight is 226 g/mol. The van der Waals surface area contributed by atoms with Gasteiger partial charge in [-0.3, -0.25) is 19.6 Å². The van der Waals surface area contributed by atoms with Crippen molar-refractivity contribution in [3.8, 4) is 0 Å². The van der Waals surface area contributed by atoms with Gasteiger partial charge in [-0.15, -0.1) is 0 Å². The summed E-state index contributed by atoms with van der Waals surface area (Å²) in [5.41, 5.74) is 0.759. The number of ketones is 2. The number of Topliss-reactive ketones (excluding diaryl/α,β-unsaturated/α-hetero) is 2. The highest BCUT2D eigenvalue weighted by Gasteiger charge is 2.17. The van der Waals surface area contributed by atoms with Gasteiger partial charge < -0.3 is 0 Å². The van der Waals surface area contributed by atoms with Gasteiger partial charge in [-0.05, 0) is 24.3 Å². The van der Waals surface area contributed by atoms with Crippen LogP contribution < -0.4 is 0 Å². The van der Waals surface area contributed by atoms with Crippen LogP contribution in [0.2, 0.25) is 0 Å². The number of aromatic nitrogens is 2. The molecule has 0 spiro atoms. The zero-order chi connectivity index (χ0) is 12.1. The summed E-state index contributed by atoms with van der Waals surface area (Å²) in [5.74, 6) is -1.07. The van der Waals surface area contributed by atoms with E-state index in [-0.39, 0.29) is 12.1 Å². The highest BCUT2D eigenvalue weighted by Crippen LogP contribution is 2.01. The first-order chi connectivity index (χ1) is 8.27. The molecule has 0 aliphatic rings. The first-order valence-electron chi connectivity index (χ1n) is 5.16. The van der Waals surface area contributed by atoms with Crippen molar-refractivity contribution in [1.29, 1.82) is 0 Å². The quantitative estimate of drug-likeness (QED) is 0.585. The molecule has 0 aliphatic carbocycles. The molecule has 0 unspecified atom stereocenters. The van der Waals surface area contributed by atoms with Gasteiger partial charge in [0.1, 0.15) is 5.69 Å². The molecule has 0 fully saturated rings. The van der Waals surface area contributed by atoms with E-state index in [0.717, 1.165) is 0 Å². The summed E-state index contributed by atoms with van der Waals surface area (Å²) >= 11 is 0. The Hall–Kier alpha value is -2.36. The van der Waals surface area contributed by atoms with Crippen LogP contribution in [0.25, 0.3) is 0 Å². The Morgan fingerprint density at radius 2 is 1.65 bits per heavy atom. The van der Waals surface area contributed by atoms with E-state index in [1.54, 1.807) is 36.5 Å². The Kier molecular flexibility index (Phi) is 3.35. The largest absolute Gasteiger partial charge is 0.290 e. The van der Waals surface area contributed by atoms with Gasteiger partial charge in [-0.25, -0.2) is 0 Å². The van der Waals surface area contributed by atoms with Gasteiger partial charge in [-0.1, -0.05) is 12.1 Å². The van der Waals surface area contributed by atoms with Gasteiger partial charge >= 0.3 is 0 Å². The lowest BCUT2D eigenvalue weighted by Gasteiger charge is -1.99. The second-order valence-corrected chi connectivity index (χ2v) is 3.47. The van der Waals surface area contributed by atoms with Crippen LogP contribution in [0.3, 0.4) is 0 Å². The Morgan fingerprint density at radius 3 is 2.24 bits per heavy atom. The normalized spacial score (nSPS) is 9.88. The fraction of sp³-hybridized carbons (Fsp3) is 0.0769. The number of hydrogen-bond acceptors (Lipinski definition) is 4. The molecule has 17 heavy (non-hydrogen) atoms. The molecule has 4 nitrogen and oxygen atoms in total. The molecule has 0 N–H and O–H groups in total. The van der Waals surface area contributed by atoms with E-state index in [1.807, 2.05) is 0 Å². The average Bonchev–Trinajstić information content (AvgIpc) is 2.40. The maximum Gasteiger partial charge on any atom is 0.247 e. The number of carbonyl (C=O) groups is 2. The van der Waals surface area contributed by atoms with E-state index in [0.29, 0.717) is 5.69 Å². The molecule has 0 atom stereocenters. The van der Waals surface area contributed by atoms with E-state index >= 15 is 0 Å². The molecule has 2 aromatic rings. The molecule has 0 bridgehead atoms. The van der Waals surface area contributed by atoms with Gasteiger partial charge in [-0.2, -0.15) is 0 Å². The Labute approximate surface area is 98.3 Å². The van der Waals surface area contributed by atoms with Crippen LogP contribution in [0.15, 0.2) is 48.8 Å². The third-order valence-corrected chi connectivity index (χ3v) is 2.22. The summed E-state index contributed by atoms with van der Waals surface area (Å²) in [6.07, 6.45) is 3.09. The van der Waals surface area contributed by atoms with Crippen molar-refractivity contribution in [3.05, 3.63) is 60.2 Å². The Bertz CT molecular complexity index is 524. The van der Waals surface area contributed by atoms with Crippen molar-refractivity contribution in [1.82, 2.24) is 9.97 Å². The smallest absolute Gasteiger partial charge is 0.247 e. The molecule has 2 heterocycles. The molecule has 0 aromatic carbocycles. The SMILES string of the molecule is O=C(Cc1ccccn1)C(=O)c1ccccn1. The fourth-order valence-corrected chi connectivity index (χ4v) is 1.39. The number of pyridine rings is 2. The van der Waals surface area contributed by atoms with E-state index in [9.17, 15) is 9.59 Å². The summed E-state index contributed by atoms with van der Waals surface area (Å²) in [4.78, 5) is 31.2. The van der Waals surface area contributed by atoms with E-state index in [2.05, 4.69) is 9.97 Å². The fourth-order valence-electron chi connectivity index (χ4n) is 1.39.